The molecular formula is C17H29N3O2. The molecule has 2 amide bonds. The van der Waals surface area contributed by atoms with E-state index in [-0.39, 0.29) is 6.03 Å². The first kappa shape index (κ1) is 18.5. The molecule has 1 saturated heterocycles. The van der Waals surface area contributed by atoms with Gasteiger partial charge in [-0.15, -0.1) is 0 Å². The quantitative estimate of drug-likeness (QED) is 0.899. The Morgan fingerprint density at radius 3 is 2.59 bits per heavy atom. The first-order chi connectivity index (χ1) is 10.6. The van der Waals surface area contributed by atoms with Gasteiger partial charge in [0, 0.05) is 31.9 Å². The Morgan fingerprint density at radius 2 is 1.91 bits per heavy atom. The highest BCUT2D eigenvalue weighted by atomic mass is 16.5. The second kappa shape index (κ2) is 10.2. The van der Waals surface area contributed by atoms with Crippen LogP contribution in [0.4, 0.5) is 10.5 Å². The van der Waals surface area contributed by atoms with Crippen LogP contribution in [-0.2, 0) is 4.74 Å². The average molecular weight is 307 g/mol. The van der Waals surface area contributed by atoms with Crippen molar-refractivity contribution in [2.75, 3.05) is 44.7 Å². The molecule has 1 heterocycles. The number of nitrogens with one attached hydrogen (secondary N) is 2. The molecule has 0 saturated carbocycles. The summed E-state index contributed by atoms with van der Waals surface area (Å²) in [4.78, 5) is 14.1. The first-order valence-electron chi connectivity index (χ1n) is 8.07. The predicted molar refractivity (Wildman–Crippen MR) is 91.5 cm³/mol. The van der Waals surface area contributed by atoms with Gasteiger partial charge in [-0.3, -0.25) is 4.90 Å². The van der Waals surface area contributed by atoms with Gasteiger partial charge in [0.15, 0.2) is 0 Å². The van der Waals surface area contributed by atoms with Crippen LogP contribution >= 0.6 is 0 Å². The molecule has 0 radical (unpaired) electrons. The highest BCUT2D eigenvalue weighted by Crippen LogP contribution is 2.15. The van der Waals surface area contributed by atoms with Crippen molar-refractivity contribution in [3.05, 3.63) is 29.3 Å². The third-order valence-corrected chi connectivity index (χ3v) is 3.46. The number of ether oxygens (including phenoxy) is 1. The van der Waals surface area contributed by atoms with Gasteiger partial charge in [0.1, 0.15) is 0 Å². The lowest BCUT2D eigenvalue weighted by atomic mass is 10.1. The molecule has 0 atom stereocenters. The van der Waals surface area contributed by atoms with E-state index in [0.29, 0.717) is 6.54 Å². The Labute approximate surface area is 134 Å². The molecule has 0 unspecified atom stereocenters. The summed E-state index contributed by atoms with van der Waals surface area (Å²) in [7, 11) is 0. The van der Waals surface area contributed by atoms with Gasteiger partial charge in [-0.1, -0.05) is 26.0 Å². The van der Waals surface area contributed by atoms with Crippen molar-refractivity contribution < 1.29 is 9.53 Å². The van der Waals surface area contributed by atoms with E-state index in [9.17, 15) is 4.79 Å². The summed E-state index contributed by atoms with van der Waals surface area (Å²) in [6.45, 7) is 13.0. The van der Waals surface area contributed by atoms with E-state index in [4.69, 9.17) is 4.74 Å². The molecule has 2 rings (SSSR count). The van der Waals surface area contributed by atoms with Crippen LogP contribution in [0.15, 0.2) is 18.2 Å². The third-order valence-electron chi connectivity index (χ3n) is 3.46. The fourth-order valence-corrected chi connectivity index (χ4v) is 2.19. The van der Waals surface area contributed by atoms with Crippen LogP contribution in [0.3, 0.4) is 0 Å². The number of nitrogens with zero attached hydrogens (tertiary/aromatic N) is 1. The van der Waals surface area contributed by atoms with E-state index in [1.807, 2.05) is 45.9 Å². The Balaban J connectivity index is 0.00000116. The van der Waals surface area contributed by atoms with Crippen LogP contribution in [0.25, 0.3) is 0 Å². The maximum Gasteiger partial charge on any atom is 0.319 e. The van der Waals surface area contributed by atoms with Crippen LogP contribution in [0, 0.1) is 13.8 Å². The van der Waals surface area contributed by atoms with Crippen molar-refractivity contribution in [2.24, 2.45) is 0 Å². The van der Waals surface area contributed by atoms with Gasteiger partial charge in [0.25, 0.3) is 0 Å². The van der Waals surface area contributed by atoms with E-state index >= 15 is 0 Å². The molecule has 1 fully saturated rings. The molecule has 1 aliphatic heterocycles. The molecule has 5 nitrogen and oxygen atoms in total. The second-order valence-corrected chi connectivity index (χ2v) is 5.15. The zero-order valence-corrected chi connectivity index (χ0v) is 14.2. The van der Waals surface area contributed by atoms with Crippen LogP contribution in [0.1, 0.15) is 25.0 Å². The summed E-state index contributed by atoms with van der Waals surface area (Å²) in [6, 6.07) is 5.89. The van der Waals surface area contributed by atoms with E-state index in [0.717, 1.165) is 49.7 Å². The molecular weight excluding hydrogens is 278 g/mol. The number of benzene rings is 1. The standard InChI is InChI=1S/C15H23N3O2.C2H6/c1-12-3-4-13(2)14(11-12)17-15(19)16-5-6-18-7-9-20-10-8-18;1-2/h3-4,11H,5-10H2,1-2H3,(H2,16,17,19);1-2H3. The fourth-order valence-electron chi connectivity index (χ4n) is 2.19. The fraction of sp³-hybridized carbons (Fsp3) is 0.588. The number of urea groups is 1. The lowest BCUT2D eigenvalue weighted by Gasteiger charge is -2.26. The maximum atomic E-state index is 11.9. The number of hydrogen-bond donors (Lipinski definition) is 2. The Hall–Kier alpha value is -1.59. The summed E-state index contributed by atoms with van der Waals surface area (Å²) in [6.07, 6.45) is 0. The summed E-state index contributed by atoms with van der Waals surface area (Å²) >= 11 is 0. The maximum absolute atomic E-state index is 11.9. The molecule has 2 N–H and O–H groups in total. The number of anilines is 1. The highest BCUT2D eigenvalue weighted by molar-refractivity contribution is 5.90. The molecule has 124 valence electrons. The summed E-state index contributed by atoms with van der Waals surface area (Å²) < 4.78 is 5.29. The molecule has 22 heavy (non-hydrogen) atoms. The Kier molecular flexibility index (Phi) is 8.55. The van der Waals surface area contributed by atoms with Gasteiger partial charge in [-0.05, 0) is 31.0 Å². The molecule has 0 spiro atoms. The van der Waals surface area contributed by atoms with Crippen molar-refractivity contribution in [3.8, 4) is 0 Å². The molecule has 1 aromatic carbocycles. The van der Waals surface area contributed by atoms with Gasteiger partial charge < -0.3 is 15.4 Å². The van der Waals surface area contributed by atoms with Crippen LogP contribution in [-0.4, -0.2) is 50.3 Å². The SMILES string of the molecule is CC.Cc1ccc(C)c(NC(=O)NCCN2CCOCC2)c1. The van der Waals surface area contributed by atoms with Gasteiger partial charge in [0.2, 0.25) is 0 Å². The van der Waals surface area contributed by atoms with Crippen molar-refractivity contribution in [3.63, 3.8) is 0 Å². The van der Waals surface area contributed by atoms with Crippen LogP contribution in [0.5, 0.6) is 0 Å². The number of morpholine rings is 1. The zero-order valence-electron chi connectivity index (χ0n) is 14.2. The minimum Gasteiger partial charge on any atom is -0.379 e. The topological polar surface area (TPSA) is 53.6 Å². The van der Waals surface area contributed by atoms with Crippen molar-refractivity contribution in [2.45, 2.75) is 27.7 Å². The van der Waals surface area contributed by atoms with Crippen LogP contribution < -0.4 is 10.6 Å². The Morgan fingerprint density at radius 1 is 1.23 bits per heavy atom. The second-order valence-electron chi connectivity index (χ2n) is 5.15. The van der Waals surface area contributed by atoms with E-state index in [1.165, 1.54) is 0 Å². The smallest absolute Gasteiger partial charge is 0.319 e. The molecule has 1 aliphatic rings. The average Bonchev–Trinajstić information content (AvgIpc) is 2.54. The summed E-state index contributed by atoms with van der Waals surface area (Å²) in [5, 5.41) is 5.79. The monoisotopic (exact) mass is 307 g/mol. The number of carbonyl (C=O) groups excluding carboxylic acids is 1. The minimum absolute atomic E-state index is 0.146. The number of hydrogen-bond acceptors (Lipinski definition) is 3. The molecule has 1 aromatic rings. The predicted octanol–water partition coefficient (Wildman–Crippen LogP) is 2.78. The van der Waals surface area contributed by atoms with Crippen molar-refractivity contribution >= 4 is 11.7 Å². The number of rotatable bonds is 4. The van der Waals surface area contributed by atoms with Gasteiger partial charge in [-0.2, -0.15) is 0 Å². The largest absolute Gasteiger partial charge is 0.379 e. The third kappa shape index (κ3) is 6.45. The normalized spacial score (nSPS) is 14.7. The van der Waals surface area contributed by atoms with Gasteiger partial charge in [0.05, 0.1) is 13.2 Å². The molecule has 0 aliphatic carbocycles. The molecule has 0 bridgehead atoms. The number of aryl methyl sites for hydroxylation is 2. The zero-order chi connectivity index (χ0) is 16.4. The number of amides is 2. The number of carbonyl (C=O) groups is 1. The lowest BCUT2D eigenvalue weighted by Crippen LogP contribution is -2.42. The Bertz CT molecular complexity index is 457. The first-order valence-corrected chi connectivity index (χ1v) is 8.07. The van der Waals surface area contributed by atoms with E-state index < -0.39 is 0 Å². The van der Waals surface area contributed by atoms with Crippen molar-refractivity contribution in [1.29, 1.82) is 0 Å². The molecule has 5 heteroatoms. The van der Waals surface area contributed by atoms with Gasteiger partial charge in [-0.25, -0.2) is 4.79 Å². The minimum atomic E-state index is -0.146. The highest BCUT2D eigenvalue weighted by Gasteiger charge is 2.10. The van der Waals surface area contributed by atoms with Crippen molar-refractivity contribution in [1.82, 2.24) is 10.2 Å². The van der Waals surface area contributed by atoms with Crippen LogP contribution in [0.2, 0.25) is 0 Å². The lowest BCUT2D eigenvalue weighted by molar-refractivity contribution is 0.0388. The van der Waals surface area contributed by atoms with Gasteiger partial charge >= 0.3 is 6.03 Å². The van der Waals surface area contributed by atoms with E-state index in [2.05, 4.69) is 15.5 Å². The van der Waals surface area contributed by atoms with E-state index in [1.54, 1.807) is 0 Å². The summed E-state index contributed by atoms with van der Waals surface area (Å²) in [5.41, 5.74) is 3.08. The summed E-state index contributed by atoms with van der Waals surface area (Å²) in [5.74, 6) is 0. The molecule has 0 aromatic heterocycles.